The molecule has 5 nitrogen and oxygen atoms in total. The molecule has 106 valence electrons. The first-order chi connectivity index (χ1) is 9.54. The van der Waals surface area contributed by atoms with Gasteiger partial charge in [-0.1, -0.05) is 6.07 Å². The molecule has 20 heavy (non-hydrogen) atoms. The SMILES string of the molecule is CCN(c1nc2ccccn2c1/C=C/C(=O)O)C(C)C. The topological polar surface area (TPSA) is 57.8 Å². The summed E-state index contributed by atoms with van der Waals surface area (Å²) in [5.74, 6) is -0.152. The van der Waals surface area contributed by atoms with Crippen molar-refractivity contribution in [2.75, 3.05) is 11.4 Å². The third-order valence-electron chi connectivity index (χ3n) is 3.17. The number of aliphatic carboxylic acids is 1. The first-order valence-corrected chi connectivity index (χ1v) is 6.69. The van der Waals surface area contributed by atoms with Crippen LogP contribution >= 0.6 is 0 Å². The Morgan fingerprint density at radius 1 is 1.50 bits per heavy atom. The van der Waals surface area contributed by atoms with Gasteiger partial charge in [0.2, 0.25) is 0 Å². The van der Waals surface area contributed by atoms with Crippen molar-refractivity contribution in [3.05, 3.63) is 36.2 Å². The number of aromatic nitrogens is 2. The zero-order valence-corrected chi connectivity index (χ0v) is 11.9. The summed E-state index contributed by atoms with van der Waals surface area (Å²) in [5.41, 5.74) is 1.60. The predicted octanol–water partition coefficient (Wildman–Crippen LogP) is 2.67. The summed E-state index contributed by atoms with van der Waals surface area (Å²) in [6.45, 7) is 7.07. The van der Waals surface area contributed by atoms with Gasteiger partial charge >= 0.3 is 5.97 Å². The summed E-state index contributed by atoms with van der Waals surface area (Å²) < 4.78 is 1.90. The van der Waals surface area contributed by atoms with Crippen molar-refractivity contribution in [3.63, 3.8) is 0 Å². The maximum atomic E-state index is 10.8. The highest BCUT2D eigenvalue weighted by Gasteiger charge is 2.17. The van der Waals surface area contributed by atoms with Crippen molar-refractivity contribution < 1.29 is 9.90 Å². The van der Waals surface area contributed by atoms with E-state index in [4.69, 9.17) is 5.11 Å². The second-order valence-corrected chi connectivity index (χ2v) is 4.80. The van der Waals surface area contributed by atoms with Gasteiger partial charge in [-0.15, -0.1) is 0 Å². The Hall–Kier alpha value is -2.30. The lowest BCUT2D eigenvalue weighted by atomic mass is 10.2. The molecule has 5 heteroatoms. The number of pyridine rings is 1. The Kier molecular flexibility index (Phi) is 4.08. The summed E-state index contributed by atoms with van der Waals surface area (Å²) in [4.78, 5) is 17.6. The molecular formula is C15H19N3O2. The molecule has 0 aromatic carbocycles. The molecular weight excluding hydrogens is 254 g/mol. The molecule has 0 aliphatic carbocycles. The van der Waals surface area contributed by atoms with Gasteiger partial charge < -0.3 is 10.0 Å². The molecule has 0 aliphatic heterocycles. The Morgan fingerprint density at radius 3 is 2.85 bits per heavy atom. The second-order valence-electron chi connectivity index (χ2n) is 4.80. The zero-order valence-electron chi connectivity index (χ0n) is 11.9. The number of nitrogens with zero attached hydrogens (tertiary/aromatic N) is 3. The molecule has 1 N–H and O–H groups in total. The summed E-state index contributed by atoms with van der Waals surface area (Å²) in [7, 11) is 0. The minimum atomic E-state index is -0.963. The highest BCUT2D eigenvalue weighted by Crippen LogP contribution is 2.24. The number of hydrogen-bond acceptors (Lipinski definition) is 3. The van der Waals surface area contributed by atoms with Crippen LogP contribution in [0.25, 0.3) is 11.7 Å². The van der Waals surface area contributed by atoms with Crippen LogP contribution in [0.2, 0.25) is 0 Å². The molecule has 0 amide bonds. The molecule has 0 unspecified atom stereocenters. The van der Waals surface area contributed by atoms with Gasteiger partial charge in [-0.05, 0) is 39.0 Å². The molecule has 2 heterocycles. The van der Waals surface area contributed by atoms with Gasteiger partial charge in [-0.3, -0.25) is 4.40 Å². The molecule has 0 spiro atoms. The van der Waals surface area contributed by atoms with Gasteiger partial charge in [0.05, 0.1) is 5.69 Å². The number of hydrogen-bond donors (Lipinski definition) is 1. The van der Waals surface area contributed by atoms with Gasteiger partial charge in [-0.2, -0.15) is 0 Å². The van der Waals surface area contributed by atoms with Crippen LogP contribution in [0.1, 0.15) is 26.5 Å². The second kappa shape index (κ2) is 5.77. The maximum absolute atomic E-state index is 10.8. The monoisotopic (exact) mass is 273 g/mol. The van der Waals surface area contributed by atoms with E-state index in [1.165, 1.54) is 0 Å². The number of carboxylic acids is 1. The quantitative estimate of drug-likeness (QED) is 0.851. The number of rotatable bonds is 5. The highest BCUT2D eigenvalue weighted by atomic mass is 16.4. The van der Waals surface area contributed by atoms with Crippen molar-refractivity contribution >= 4 is 23.5 Å². The fourth-order valence-corrected chi connectivity index (χ4v) is 2.28. The van der Waals surface area contributed by atoms with Crippen LogP contribution in [0.4, 0.5) is 5.82 Å². The molecule has 0 radical (unpaired) electrons. The highest BCUT2D eigenvalue weighted by molar-refractivity contribution is 5.86. The third-order valence-corrected chi connectivity index (χ3v) is 3.17. The molecule has 2 rings (SSSR count). The van der Waals surface area contributed by atoms with Crippen LogP contribution in [0.15, 0.2) is 30.5 Å². The number of imidazole rings is 1. The van der Waals surface area contributed by atoms with Gasteiger partial charge in [0.25, 0.3) is 0 Å². The maximum Gasteiger partial charge on any atom is 0.328 e. The average molecular weight is 273 g/mol. The molecule has 0 fully saturated rings. The van der Waals surface area contributed by atoms with Crippen LogP contribution in [0.5, 0.6) is 0 Å². The van der Waals surface area contributed by atoms with Gasteiger partial charge in [-0.25, -0.2) is 9.78 Å². The predicted molar refractivity (Wildman–Crippen MR) is 80.0 cm³/mol. The first-order valence-electron chi connectivity index (χ1n) is 6.69. The van der Waals surface area contributed by atoms with Crippen LogP contribution in [0.3, 0.4) is 0 Å². The molecule has 2 aromatic rings. The summed E-state index contributed by atoms with van der Waals surface area (Å²) in [6.07, 6.45) is 4.64. The standard InChI is InChI=1S/C15H19N3O2/c1-4-17(11(2)3)15-12(8-9-14(19)20)18-10-6-5-7-13(18)16-15/h5-11H,4H2,1-3H3,(H,19,20)/b9-8+. The molecule has 0 saturated carbocycles. The molecule has 2 aromatic heterocycles. The number of fused-ring (bicyclic) bond motifs is 1. The van der Waals surface area contributed by atoms with Crippen LogP contribution in [0, 0.1) is 0 Å². The average Bonchev–Trinajstić information content (AvgIpc) is 2.75. The van der Waals surface area contributed by atoms with E-state index in [0.717, 1.165) is 29.8 Å². The fourth-order valence-electron chi connectivity index (χ4n) is 2.28. The van der Waals surface area contributed by atoms with E-state index in [1.54, 1.807) is 6.08 Å². The molecule has 0 aliphatic rings. The largest absolute Gasteiger partial charge is 0.478 e. The molecule has 0 atom stereocenters. The first kappa shape index (κ1) is 14.1. The van der Waals surface area contributed by atoms with Crippen molar-refractivity contribution in [1.82, 2.24) is 9.38 Å². The lowest BCUT2D eigenvalue weighted by molar-refractivity contribution is -0.131. The Bertz CT molecular complexity index is 644. The summed E-state index contributed by atoms with van der Waals surface area (Å²) in [5, 5.41) is 8.85. The molecule has 0 saturated heterocycles. The minimum Gasteiger partial charge on any atom is -0.478 e. The van der Waals surface area contributed by atoms with Gasteiger partial charge in [0.1, 0.15) is 5.65 Å². The fraction of sp³-hybridized carbons (Fsp3) is 0.333. The third kappa shape index (κ3) is 2.66. The lowest BCUT2D eigenvalue weighted by Crippen LogP contribution is -2.31. The van der Waals surface area contributed by atoms with Crippen LogP contribution in [-0.2, 0) is 4.79 Å². The Morgan fingerprint density at radius 2 is 2.25 bits per heavy atom. The minimum absolute atomic E-state index is 0.293. The van der Waals surface area contributed by atoms with Crippen molar-refractivity contribution in [1.29, 1.82) is 0 Å². The summed E-state index contributed by atoms with van der Waals surface area (Å²) in [6, 6.07) is 6.03. The Balaban J connectivity index is 2.63. The zero-order chi connectivity index (χ0) is 14.7. The van der Waals surface area contributed by atoms with Crippen molar-refractivity contribution in [2.24, 2.45) is 0 Å². The number of anilines is 1. The van der Waals surface area contributed by atoms with E-state index in [9.17, 15) is 4.79 Å². The lowest BCUT2D eigenvalue weighted by Gasteiger charge is -2.25. The number of carbonyl (C=O) groups is 1. The van der Waals surface area contributed by atoms with E-state index in [1.807, 2.05) is 28.8 Å². The van der Waals surface area contributed by atoms with Gasteiger partial charge in [0, 0.05) is 24.9 Å². The van der Waals surface area contributed by atoms with Crippen molar-refractivity contribution in [2.45, 2.75) is 26.8 Å². The van der Waals surface area contributed by atoms with E-state index in [2.05, 4.69) is 30.7 Å². The number of carboxylic acid groups (broad SMARTS) is 1. The van der Waals surface area contributed by atoms with Crippen LogP contribution in [-0.4, -0.2) is 33.0 Å². The normalized spacial score (nSPS) is 11.6. The van der Waals surface area contributed by atoms with Crippen molar-refractivity contribution in [3.8, 4) is 0 Å². The van der Waals surface area contributed by atoms with Crippen LogP contribution < -0.4 is 4.90 Å². The van der Waals surface area contributed by atoms with E-state index in [0.29, 0.717) is 6.04 Å². The smallest absolute Gasteiger partial charge is 0.328 e. The molecule has 0 bridgehead atoms. The van der Waals surface area contributed by atoms with E-state index >= 15 is 0 Å². The Labute approximate surface area is 118 Å². The van der Waals surface area contributed by atoms with Gasteiger partial charge in [0.15, 0.2) is 5.82 Å². The van der Waals surface area contributed by atoms with E-state index in [-0.39, 0.29) is 0 Å². The van der Waals surface area contributed by atoms with E-state index < -0.39 is 5.97 Å². The summed E-state index contributed by atoms with van der Waals surface area (Å²) >= 11 is 0.